The minimum atomic E-state index is -0.545. The number of nitrogens with two attached hydrogens (primary N) is 1. The summed E-state index contributed by atoms with van der Waals surface area (Å²) in [7, 11) is 0. The second-order valence-electron chi connectivity index (χ2n) is 7.61. The lowest BCUT2D eigenvalue weighted by molar-refractivity contribution is -0.119. The molecule has 162 valence electrons. The van der Waals surface area contributed by atoms with Crippen LogP contribution in [0.1, 0.15) is 17.0 Å². The van der Waals surface area contributed by atoms with Gasteiger partial charge in [0.2, 0.25) is 17.0 Å². The van der Waals surface area contributed by atoms with E-state index in [1.54, 1.807) is 18.5 Å². The Labute approximate surface area is 185 Å². The van der Waals surface area contributed by atoms with E-state index in [-0.39, 0.29) is 0 Å². The summed E-state index contributed by atoms with van der Waals surface area (Å²) >= 11 is 1.44. The van der Waals surface area contributed by atoms with E-state index in [0.717, 1.165) is 43.6 Å². The zero-order valence-corrected chi connectivity index (χ0v) is 18.3. The molecule has 3 N–H and O–H groups in total. The number of aromatic nitrogens is 4. The Morgan fingerprint density at radius 2 is 1.87 bits per heavy atom. The minimum absolute atomic E-state index is 0.403. The maximum absolute atomic E-state index is 11.9. The molecule has 1 saturated heterocycles. The van der Waals surface area contributed by atoms with Crippen molar-refractivity contribution in [3.05, 3.63) is 59.7 Å². The molecule has 0 saturated carbocycles. The Morgan fingerprint density at radius 1 is 1.16 bits per heavy atom. The van der Waals surface area contributed by atoms with E-state index < -0.39 is 11.9 Å². The number of primary amides is 1. The normalized spacial score (nSPS) is 15.6. The highest BCUT2D eigenvalue weighted by molar-refractivity contribution is 7.09. The molecule has 9 nitrogen and oxygen atoms in total. The molecule has 3 aromatic rings. The number of carbonyl (C=O) groups is 1. The molecule has 0 aliphatic carbocycles. The highest BCUT2D eigenvalue weighted by atomic mass is 32.1. The quantitative estimate of drug-likeness (QED) is 0.541. The molecule has 3 heterocycles. The van der Waals surface area contributed by atoms with Crippen molar-refractivity contribution in [2.75, 3.05) is 42.9 Å². The van der Waals surface area contributed by atoms with E-state index in [0.29, 0.717) is 12.5 Å². The van der Waals surface area contributed by atoms with Crippen molar-refractivity contribution in [1.82, 2.24) is 24.2 Å². The molecular weight excluding hydrogens is 412 g/mol. The van der Waals surface area contributed by atoms with Crippen LogP contribution in [0.15, 0.2) is 42.7 Å². The fraction of sp³-hybridized carbons (Fsp3) is 0.381. The SMILES string of the molecule is Cc1ccc(Cc2nsc(N3CCN(CC(Nc4ncccn4)C(N)=O)CC3)n2)cc1. The molecule has 1 unspecified atom stereocenters. The van der Waals surface area contributed by atoms with Gasteiger partial charge in [0.15, 0.2) is 0 Å². The van der Waals surface area contributed by atoms with Crippen molar-refractivity contribution < 1.29 is 4.79 Å². The van der Waals surface area contributed by atoms with Gasteiger partial charge in [-0.05, 0) is 18.6 Å². The third-order valence-electron chi connectivity index (χ3n) is 5.24. The molecule has 4 rings (SSSR count). The van der Waals surface area contributed by atoms with Crippen LogP contribution in [0.3, 0.4) is 0 Å². The van der Waals surface area contributed by atoms with Crippen molar-refractivity contribution in [3.63, 3.8) is 0 Å². The maximum Gasteiger partial charge on any atom is 0.241 e. The van der Waals surface area contributed by atoms with Gasteiger partial charge in [-0.2, -0.15) is 4.37 Å². The third kappa shape index (κ3) is 5.74. The van der Waals surface area contributed by atoms with E-state index in [1.165, 1.54) is 22.7 Å². The first-order valence-corrected chi connectivity index (χ1v) is 11.0. The Morgan fingerprint density at radius 3 is 2.55 bits per heavy atom. The van der Waals surface area contributed by atoms with Crippen LogP contribution in [0.2, 0.25) is 0 Å². The maximum atomic E-state index is 11.9. The van der Waals surface area contributed by atoms with Crippen LogP contribution in [0.25, 0.3) is 0 Å². The molecule has 31 heavy (non-hydrogen) atoms. The number of benzene rings is 1. The number of anilines is 2. The number of hydrogen-bond acceptors (Lipinski definition) is 9. The summed E-state index contributed by atoms with van der Waals surface area (Å²) in [6.07, 6.45) is 3.99. The molecule has 0 bridgehead atoms. The molecule has 1 aromatic carbocycles. The van der Waals surface area contributed by atoms with Crippen molar-refractivity contribution in [2.45, 2.75) is 19.4 Å². The number of carbonyl (C=O) groups excluding carboxylic acids is 1. The van der Waals surface area contributed by atoms with E-state index in [2.05, 4.69) is 60.6 Å². The molecule has 0 radical (unpaired) electrons. The molecule has 10 heteroatoms. The molecule has 1 atom stereocenters. The average molecular weight is 439 g/mol. The average Bonchev–Trinajstić information content (AvgIpc) is 3.24. The van der Waals surface area contributed by atoms with Crippen LogP contribution < -0.4 is 16.0 Å². The molecule has 0 spiro atoms. The van der Waals surface area contributed by atoms with Gasteiger partial charge in [-0.15, -0.1) is 0 Å². The van der Waals surface area contributed by atoms with Gasteiger partial charge in [0, 0.05) is 63.1 Å². The highest BCUT2D eigenvalue weighted by Crippen LogP contribution is 2.21. The first-order chi connectivity index (χ1) is 15.1. The summed E-state index contributed by atoms with van der Waals surface area (Å²) in [6, 6.07) is 9.65. The zero-order valence-electron chi connectivity index (χ0n) is 17.4. The summed E-state index contributed by atoms with van der Waals surface area (Å²) < 4.78 is 4.54. The number of amides is 1. The molecule has 1 amide bonds. The van der Waals surface area contributed by atoms with Crippen molar-refractivity contribution in [2.24, 2.45) is 5.73 Å². The van der Waals surface area contributed by atoms with Crippen LogP contribution in [0.4, 0.5) is 11.1 Å². The van der Waals surface area contributed by atoms with Crippen LogP contribution in [-0.4, -0.2) is 68.9 Å². The number of piperazine rings is 1. The number of aryl methyl sites for hydroxylation is 1. The Kier molecular flexibility index (Phi) is 6.68. The predicted molar refractivity (Wildman–Crippen MR) is 121 cm³/mol. The van der Waals surface area contributed by atoms with Gasteiger partial charge < -0.3 is 16.0 Å². The van der Waals surface area contributed by atoms with Gasteiger partial charge in [0.1, 0.15) is 11.9 Å². The van der Waals surface area contributed by atoms with Gasteiger partial charge >= 0.3 is 0 Å². The monoisotopic (exact) mass is 438 g/mol. The second kappa shape index (κ2) is 9.80. The topological polar surface area (TPSA) is 113 Å². The van der Waals surface area contributed by atoms with Crippen molar-refractivity contribution in [1.29, 1.82) is 0 Å². The van der Waals surface area contributed by atoms with Gasteiger partial charge in [-0.25, -0.2) is 15.0 Å². The smallest absolute Gasteiger partial charge is 0.241 e. The third-order valence-corrected chi connectivity index (χ3v) is 6.05. The molecule has 1 fully saturated rings. The van der Waals surface area contributed by atoms with E-state index in [4.69, 9.17) is 10.7 Å². The lowest BCUT2D eigenvalue weighted by Gasteiger charge is -2.35. The molecule has 1 aliphatic rings. The summed E-state index contributed by atoms with van der Waals surface area (Å²) in [6.45, 7) is 5.87. The van der Waals surface area contributed by atoms with Crippen LogP contribution in [0.5, 0.6) is 0 Å². The van der Waals surface area contributed by atoms with Crippen molar-refractivity contribution in [3.8, 4) is 0 Å². The van der Waals surface area contributed by atoms with Gasteiger partial charge in [0.05, 0.1) is 0 Å². The zero-order chi connectivity index (χ0) is 21.6. The molecular formula is C21H26N8OS. The second-order valence-corrected chi connectivity index (χ2v) is 8.35. The van der Waals surface area contributed by atoms with Gasteiger partial charge in [-0.1, -0.05) is 29.8 Å². The van der Waals surface area contributed by atoms with Crippen LogP contribution in [0, 0.1) is 6.92 Å². The number of nitrogens with zero attached hydrogens (tertiary/aromatic N) is 6. The lowest BCUT2D eigenvalue weighted by Crippen LogP contribution is -2.52. The minimum Gasteiger partial charge on any atom is -0.368 e. The van der Waals surface area contributed by atoms with E-state index in [1.807, 2.05) is 0 Å². The number of rotatable bonds is 8. The standard InChI is InChI=1S/C21H26N8OS/c1-15-3-5-16(6-4-15)13-18-26-21(31-27-18)29-11-9-28(10-12-29)14-17(19(22)30)25-20-23-7-2-8-24-20/h2-8,17H,9-14H2,1H3,(H2,22,30)(H,23,24,25). The summed E-state index contributed by atoms with van der Waals surface area (Å²) in [5, 5.41) is 3.97. The Hall–Kier alpha value is -3.11. The van der Waals surface area contributed by atoms with E-state index in [9.17, 15) is 4.79 Å². The summed E-state index contributed by atoms with van der Waals surface area (Å²) in [5.74, 6) is 0.840. The van der Waals surface area contributed by atoms with Crippen LogP contribution >= 0.6 is 11.5 Å². The van der Waals surface area contributed by atoms with Crippen LogP contribution in [-0.2, 0) is 11.2 Å². The number of nitrogens with one attached hydrogen (secondary N) is 1. The highest BCUT2D eigenvalue weighted by Gasteiger charge is 2.25. The molecule has 2 aromatic heterocycles. The fourth-order valence-electron chi connectivity index (χ4n) is 3.45. The van der Waals surface area contributed by atoms with Gasteiger partial charge in [0.25, 0.3) is 0 Å². The Balaban J connectivity index is 1.29. The Bertz CT molecular complexity index is 986. The van der Waals surface area contributed by atoms with Gasteiger partial charge in [-0.3, -0.25) is 9.69 Å². The van der Waals surface area contributed by atoms with E-state index >= 15 is 0 Å². The first kappa shape index (κ1) is 21.1. The molecule has 1 aliphatic heterocycles. The summed E-state index contributed by atoms with van der Waals surface area (Å²) in [4.78, 5) is 29.3. The predicted octanol–water partition coefficient (Wildman–Crippen LogP) is 1.32. The fourth-order valence-corrected chi connectivity index (χ4v) is 4.19. The van der Waals surface area contributed by atoms with Crippen molar-refractivity contribution >= 4 is 28.5 Å². The summed E-state index contributed by atoms with van der Waals surface area (Å²) in [5.41, 5.74) is 8.05. The number of hydrogen-bond donors (Lipinski definition) is 2. The lowest BCUT2D eigenvalue weighted by atomic mass is 10.1. The largest absolute Gasteiger partial charge is 0.368 e. The first-order valence-electron chi connectivity index (χ1n) is 10.2.